The molecule has 0 aromatic heterocycles. The smallest absolute Gasteiger partial charge is 0.251 e. The average molecular weight is 372 g/mol. The van der Waals surface area contributed by atoms with E-state index in [0.717, 1.165) is 13.1 Å². The van der Waals surface area contributed by atoms with Gasteiger partial charge in [0.15, 0.2) is 0 Å². The van der Waals surface area contributed by atoms with Gasteiger partial charge in [0.25, 0.3) is 5.91 Å². The van der Waals surface area contributed by atoms with Gasteiger partial charge >= 0.3 is 0 Å². The van der Waals surface area contributed by atoms with Gasteiger partial charge < -0.3 is 10.2 Å². The summed E-state index contributed by atoms with van der Waals surface area (Å²) in [4.78, 5) is 17.1. The molecule has 1 amide bonds. The van der Waals surface area contributed by atoms with Crippen molar-refractivity contribution >= 4 is 23.2 Å². The number of carbonyl (C=O) groups is 1. The first-order valence-corrected chi connectivity index (χ1v) is 9.47. The maximum atomic E-state index is 12.5. The fraction of sp³-hybridized carbons (Fsp3) is 0.381. The maximum Gasteiger partial charge on any atom is 0.251 e. The molecule has 1 saturated heterocycles. The Bertz CT molecular complexity index is 739. The van der Waals surface area contributed by atoms with Gasteiger partial charge in [-0.3, -0.25) is 9.69 Å². The lowest BCUT2D eigenvalue weighted by Crippen LogP contribution is -2.36. The second-order valence-electron chi connectivity index (χ2n) is 6.97. The summed E-state index contributed by atoms with van der Waals surface area (Å²) >= 11 is 6.00. The summed E-state index contributed by atoms with van der Waals surface area (Å²) in [5, 5.41) is 3.67. The molecule has 1 aliphatic rings. The first kappa shape index (κ1) is 18.7. The summed E-state index contributed by atoms with van der Waals surface area (Å²) in [5.41, 5.74) is 3.02. The van der Waals surface area contributed by atoms with Crippen LogP contribution in [0.25, 0.3) is 0 Å². The standard InChI is InChI=1S/C21H26ClN3O/c1-24(2)19-10-8-16(9-11-19)20(25-12-3-4-13-25)15-23-21(26)17-6-5-7-18(22)14-17/h5-11,14,20H,3-4,12-13,15H2,1-2H3,(H,23,26)/t20-/m0/s1. The van der Waals surface area contributed by atoms with Crippen LogP contribution in [-0.4, -0.2) is 44.5 Å². The van der Waals surface area contributed by atoms with E-state index in [2.05, 4.69) is 39.4 Å². The summed E-state index contributed by atoms with van der Waals surface area (Å²) in [6, 6.07) is 15.9. The van der Waals surface area contributed by atoms with Crippen LogP contribution >= 0.6 is 11.6 Å². The summed E-state index contributed by atoms with van der Waals surface area (Å²) < 4.78 is 0. The number of carbonyl (C=O) groups excluding carboxylic acids is 1. The number of amides is 1. The molecule has 0 radical (unpaired) electrons. The molecule has 138 valence electrons. The molecule has 0 unspecified atom stereocenters. The van der Waals surface area contributed by atoms with E-state index in [9.17, 15) is 4.79 Å². The molecule has 4 nitrogen and oxygen atoms in total. The largest absolute Gasteiger partial charge is 0.378 e. The molecule has 1 aliphatic heterocycles. The van der Waals surface area contributed by atoms with Gasteiger partial charge in [0.1, 0.15) is 0 Å². The fourth-order valence-corrected chi connectivity index (χ4v) is 3.62. The van der Waals surface area contributed by atoms with Crippen LogP contribution in [0.3, 0.4) is 0 Å². The number of hydrogen-bond donors (Lipinski definition) is 1. The Hall–Kier alpha value is -2.04. The molecule has 3 rings (SSSR count). The third kappa shape index (κ3) is 4.57. The average Bonchev–Trinajstić information content (AvgIpc) is 3.16. The third-order valence-corrected chi connectivity index (χ3v) is 5.15. The summed E-state index contributed by atoms with van der Waals surface area (Å²) in [5.74, 6) is -0.0818. The Balaban J connectivity index is 1.73. The van der Waals surface area contributed by atoms with Crippen LogP contribution in [-0.2, 0) is 0 Å². The van der Waals surface area contributed by atoms with Gasteiger partial charge in [-0.25, -0.2) is 0 Å². The molecule has 1 fully saturated rings. The molecule has 0 spiro atoms. The summed E-state index contributed by atoms with van der Waals surface area (Å²) in [6.45, 7) is 2.74. The highest BCUT2D eigenvalue weighted by molar-refractivity contribution is 6.30. The van der Waals surface area contributed by atoms with Gasteiger partial charge in [-0.1, -0.05) is 29.8 Å². The van der Waals surface area contributed by atoms with Crippen molar-refractivity contribution in [1.29, 1.82) is 0 Å². The van der Waals surface area contributed by atoms with Crippen molar-refractivity contribution in [2.75, 3.05) is 38.6 Å². The lowest BCUT2D eigenvalue weighted by molar-refractivity contribution is 0.0938. The predicted molar refractivity (Wildman–Crippen MR) is 108 cm³/mol. The second-order valence-corrected chi connectivity index (χ2v) is 7.40. The van der Waals surface area contributed by atoms with Gasteiger partial charge in [0.2, 0.25) is 0 Å². The predicted octanol–water partition coefficient (Wildman–Crippen LogP) is 3.97. The molecule has 5 heteroatoms. The molecular formula is C21H26ClN3O. The zero-order chi connectivity index (χ0) is 18.5. The van der Waals surface area contributed by atoms with Crippen LogP contribution < -0.4 is 10.2 Å². The number of anilines is 1. The SMILES string of the molecule is CN(C)c1ccc([C@H](CNC(=O)c2cccc(Cl)c2)N2CCCC2)cc1. The molecule has 26 heavy (non-hydrogen) atoms. The van der Waals surface area contributed by atoms with Gasteiger partial charge in [0, 0.05) is 36.9 Å². The zero-order valence-corrected chi connectivity index (χ0v) is 16.2. The number of likely N-dealkylation sites (tertiary alicyclic amines) is 1. The first-order valence-electron chi connectivity index (χ1n) is 9.10. The summed E-state index contributed by atoms with van der Waals surface area (Å²) in [7, 11) is 4.08. The minimum absolute atomic E-state index is 0.0818. The number of nitrogens with one attached hydrogen (secondary N) is 1. The lowest BCUT2D eigenvalue weighted by atomic mass is 10.0. The maximum absolute atomic E-state index is 12.5. The highest BCUT2D eigenvalue weighted by Crippen LogP contribution is 2.26. The summed E-state index contributed by atoms with van der Waals surface area (Å²) in [6.07, 6.45) is 2.43. The van der Waals surface area contributed by atoms with Gasteiger partial charge in [-0.15, -0.1) is 0 Å². The van der Waals surface area contributed by atoms with Crippen LogP contribution in [0, 0.1) is 0 Å². The van der Waals surface area contributed by atoms with Crippen LogP contribution in [0.1, 0.15) is 34.8 Å². The van der Waals surface area contributed by atoms with Crippen molar-refractivity contribution in [2.45, 2.75) is 18.9 Å². The molecule has 1 heterocycles. The Labute approximate surface area is 160 Å². The van der Waals surface area contributed by atoms with Crippen LogP contribution in [0.15, 0.2) is 48.5 Å². The van der Waals surface area contributed by atoms with Gasteiger partial charge in [0.05, 0.1) is 6.04 Å². The van der Waals surface area contributed by atoms with Crippen molar-refractivity contribution in [3.63, 3.8) is 0 Å². The van der Waals surface area contributed by atoms with Crippen molar-refractivity contribution in [3.8, 4) is 0 Å². The number of hydrogen-bond acceptors (Lipinski definition) is 3. The Morgan fingerprint density at radius 3 is 2.46 bits per heavy atom. The molecule has 0 bridgehead atoms. The van der Waals surface area contributed by atoms with Crippen molar-refractivity contribution in [1.82, 2.24) is 10.2 Å². The fourth-order valence-electron chi connectivity index (χ4n) is 3.43. The monoisotopic (exact) mass is 371 g/mol. The highest BCUT2D eigenvalue weighted by Gasteiger charge is 2.24. The minimum Gasteiger partial charge on any atom is -0.378 e. The first-order chi connectivity index (χ1) is 12.5. The molecule has 2 aromatic carbocycles. The van der Waals surface area contributed by atoms with E-state index in [-0.39, 0.29) is 11.9 Å². The van der Waals surface area contributed by atoms with Crippen LogP contribution in [0.5, 0.6) is 0 Å². The molecule has 1 N–H and O–H groups in total. The highest BCUT2D eigenvalue weighted by atomic mass is 35.5. The third-order valence-electron chi connectivity index (χ3n) is 4.92. The van der Waals surface area contributed by atoms with E-state index in [4.69, 9.17) is 11.6 Å². The number of halogens is 1. The molecule has 0 saturated carbocycles. The van der Waals surface area contributed by atoms with Crippen molar-refractivity contribution in [3.05, 3.63) is 64.7 Å². The van der Waals surface area contributed by atoms with Crippen LogP contribution in [0.2, 0.25) is 5.02 Å². The van der Waals surface area contributed by atoms with E-state index < -0.39 is 0 Å². The Morgan fingerprint density at radius 1 is 1.15 bits per heavy atom. The van der Waals surface area contributed by atoms with E-state index in [1.165, 1.54) is 24.1 Å². The van der Waals surface area contributed by atoms with E-state index >= 15 is 0 Å². The van der Waals surface area contributed by atoms with Crippen LogP contribution in [0.4, 0.5) is 5.69 Å². The van der Waals surface area contributed by atoms with Gasteiger partial charge in [-0.2, -0.15) is 0 Å². The Kier molecular flexibility index (Phi) is 6.17. The van der Waals surface area contributed by atoms with Crippen molar-refractivity contribution in [2.24, 2.45) is 0 Å². The number of nitrogens with zero attached hydrogens (tertiary/aromatic N) is 2. The normalized spacial score (nSPS) is 15.7. The number of rotatable bonds is 6. The topological polar surface area (TPSA) is 35.6 Å². The Morgan fingerprint density at radius 2 is 1.85 bits per heavy atom. The minimum atomic E-state index is -0.0818. The molecular weight excluding hydrogens is 346 g/mol. The van der Waals surface area contributed by atoms with Crippen molar-refractivity contribution < 1.29 is 4.79 Å². The van der Waals surface area contributed by atoms with Gasteiger partial charge in [-0.05, 0) is 61.8 Å². The number of benzene rings is 2. The quantitative estimate of drug-likeness (QED) is 0.834. The van der Waals surface area contributed by atoms with E-state index in [0.29, 0.717) is 17.1 Å². The molecule has 0 aliphatic carbocycles. The zero-order valence-electron chi connectivity index (χ0n) is 15.4. The lowest BCUT2D eigenvalue weighted by Gasteiger charge is -2.28. The second kappa shape index (κ2) is 8.56. The molecule has 2 aromatic rings. The van der Waals surface area contributed by atoms with E-state index in [1.54, 1.807) is 24.3 Å². The van der Waals surface area contributed by atoms with E-state index in [1.807, 2.05) is 14.1 Å². The molecule has 1 atom stereocenters.